The van der Waals surface area contributed by atoms with Gasteiger partial charge in [0.15, 0.2) is 0 Å². The third-order valence-electron chi connectivity index (χ3n) is 5.10. The monoisotopic (exact) mass is 422 g/mol. The quantitative estimate of drug-likeness (QED) is 0.771. The minimum atomic E-state index is -3.73. The average Bonchev–Trinajstić information content (AvgIpc) is 2.68. The lowest BCUT2D eigenvalue weighted by Gasteiger charge is -2.32. The van der Waals surface area contributed by atoms with Gasteiger partial charge in [0, 0.05) is 18.3 Å². The van der Waals surface area contributed by atoms with Gasteiger partial charge in [0.05, 0.1) is 9.79 Å². The van der Waals surface area contributed by atoms with Gasteiger partial charge in [-0.05, 0) is 68.1 Å². The van der Waals surface area contributed by atoms with Gasteiger partial charge < -0.3 is 0 Å². The van der Waals surface area contributed by atoms with Crippen molar-refractivity contribution in [3.63, 3.8) is 0 Å². The molecule has 0 bridgehead atoms. The van der Waals surface area contributed by atoms with E-state index in [1.807, 2.05) is 13.8 Å². The van der Waals surface area contributed by atoms with Gasteiger partial charge in [-0.2, -0.15) is 4.31 Å². The Balaban J connectivity index is 1.78. The second-order valence-corrected chi connectivity index (χ2v) is 10.7. The summed E-state index contributed by atoms with van der Waals surface area (Å²) in [7, 11) is -7.30. The van der Waals surface area contributed by atoms with Crippen LogP contribution < -0.4 is 4.72 Å². The first-order valence-electron chi connectivity index (χ1n) is 9.48. The summed E-state index contributed by atoms with van der Waals surface area (Å²) in [5.74, 6) is 0. The lowest BCUT2D eigenvalue weighted by atomic mass is 10.1. The van der Waals surface area contributed by atoms with E-state index in [-0.39, 0.29) is 15.8 Å². The third-order valence-corrected chi connectivity index (χ3v) is 8.52. The Bertz CT molecular complexity index is 1010. The third kappa shape index (κ3) is 4.39. The van der Waals surface area contributed by atoms with E-state index in [1.54, 1.807) is 24.3 Å². The van der Waals surface area contributed by atoms with Crippen molar-refractivity contribution in [3.8, 4) is 0 Å². The Kier molecular flexibility index (Phi) is 6.12. The highest BCUT2D eigenvalue weighted by Gasteiger charge is 2.30. The molecule has 0 amide bonds. The molecule has 1 heterocycles. The number of nitrogens with zero attached hydrogens (tertiary/aromatic N) is 1. The zero-order valence-electron chi connectivity index (χ0n) is 16.1. The van der Waals surface area contributed by atoms with Crippen LogP contribution >= 0.6 is 0 Å². The highest BCUT2D eigenvalue weighted by atomic mass is 32.2. The normalized spacial score (nSPS) is 18.7. The molecule has 28 heavy (non-hydrogen) atoms. The van der Waals surface area contributed by atoms with Gasteiger partial charge in [0.1, 0.15) is 0 Å². The van der Waals surface area contributed by atoms with Gasteiger partial charge in [0.25, 0.3) is 10.0 Å². The molecule has 0 radical (unpaired) electrons. The summed E-state index contributed by atoms with van der Waals surface area (Å²) < 4.78 is 54.8. The van der Waals surface area contributed by atoms with Crippen molar-refractivity contribution >= 4 is 25.7 Å². The first kappa shape index (κ1) is 20.8. The first-order valence-corrected chi connectivity index (χ1v) is 12.4. The SMILES string of the molecule is CCc1ccc(S(=O)(=O)Nc2ccc(S(=O)(=O)N3CCCCC3C)cc2)cc1. The predicted octanol–water partition coefficient (Wildman–Crippen LogP) is 3.61. The second kappa shape index (κ2) is 8.23. The molecule has 2 aromatic carbocycles. The molecule has 152 valence electrons. The van der Waals surface area contributed by atoms with Crippen molar-refractivity contribution in [3.05, 3.63) is 54.1 Å². The van der Waals surface area contributed by atoms with Gasteiger partial charge in [-0.3, -0.25) is 4.72 Å². The van der Waals surface area contributed by atoms with Gasteiger partial charge in [-0.25, -0.2) is 16.8 Å². The molecule has 8 heteroatoms. The molecule has 3 rings (SSSR count). The predicted molar refractivity (Wildman–Crippen MR) is 110 cm³/mol. The molecule has 0 aromatic heterocycles. The summed E-state index contributed by atoms with van der Waals surface area (Å²) in [4.78, 5) is 0.347. The Morgan fingerprint density at radius 2 is 1.54 bits per heavy atom. The van der Waals surface area contributed by atoms with Crippen molar-refractivity contribution in [2.75, 3.05) is 11.3 Å². The van der Waals surface area contributed by atoms with Crippen LogP contribution in [0, 0.1) is 0 Å². The van der Waals surface area contributed by atoms with E-state index in [0.29, 0.717) is 12.2 Å². The van der Waals surface area contributed by atoms with E-state index in [2.05, 4.69) is 4.72 Å². The minimum Gasteiger partial charge on any atom is -0.280 e. The van der Waals surface area contributed by atoms with E-state index < -0.39 is 20.0 Å². The van der Waals surface area contributed by atoms with Crippen molar-refractivity contribution < 1.29 is 16.8 Å². The molecule has 0 aliphatic carbocycles. The zero-order chi connectivity index (χ0) is 20.4. The van der Waals surface area contributed by atoms with E-state index >= 15 is 0 Å². The molecule has 0 spiro atoms. The van der Waals surface area contributed by atoms with Gasteiger partial charge in [-0.1, -0.05) is 25.5 Å². The molecule has 1 aliphatic rings. The lowest BCUT2D eigenvalue weighted by Crippen LogP contribution is -2.41. The van der Waals surface area contributed by atoms with Gasteiger partial charge in [-0.15, -0.1) is 0 Å². The number of aryl methyl sites for hydroxylation is 1. The number of anilines is 1. The molecule has 6 nitrogen and oxygen atoms in total. The molecule has 1 saturated heterocycles. The maximum absolute atomic E-state index is 12.9. The number of nitrogens with one attached hydrogen (secondary N) is 1. The van der Waals surface area contributed by atoms with Gasteiger partial charge in [0.2, 0.25) is 10.0 Å². The Morgan fingerprint density at radius 1 is 0.929 bits per heavy atom. The molecular formula is C20H26N2O4S2. The standard InChI is InChI=1S/C20H26N2O4S2/c1-3-17-7-11-19(12-8-17)27(23,24)21-18-9-13-20(14-10-18)28(25,26)22-15-5-4-6-16(22)2/h7-14,16,21H,3-6,15H2,1-2H3. The molecule has 1 atom stereocenters. The molecule has 0 saturated carbocycles. The molecule has 1 N–H and O–H groups in total. The first-order chi connectivity index (χ1) is 13.2. The Morgan fingerprint density at radius 3 is 2.11 bits per heavy atom. The largest absolute Gasteiger partial charge is 0.280 e. The lowest BCUT2D eigenvalue weighted by molar-refractivity contribution is 0.268. The fourth-order valence-corrected chi connectivity index (χ4v) is 6.14. The van der Waals surface area contributed by atoms with Gasteiger partial charge >= 0.3 is 0 Å². The fourth-order valence-electron chi connectivity index (χ4n) is 3.38. The summed E-state index contributed by atoms with van der Waals surface area (Å²) in [6.07, 6.45) is 3.58. The van der Waals surface area contributed by atoms with E-state index in [1.165, 1.54) is 28.6 Å². The number of hydrogen-bond donors (Lipinski definition) is 1. The van der Waals surface area contributed by atoms with Crippen LogP contribution in [0.3, 0.4) is 0 Å². The molecule has 1 unspecified atom stereocenters. The summed E-state index contributed by atoms with van der Waals surface area (Å²) in [6, 6.07) is 12.6. The Hall–Kier alpha value is -1.90. The van der Waals surface area contributed by atoms with Crippen LogP contribution in [0.15, 0.2) is 58.3 Å². The van der Waals surface area contributed by atoms with Crippen LogP contribution in [0.4, 0.5) is 5.69 Å². The highest BCUT2D eigenvalue weighted by molar-refractivity contribution is 7.92. The average molecular weight is 423 g/mol. The number of piperidine rings is 1. The summed E-state index contributed by atoms with van der Waals surface area (Å²) >= 11 is 0. The van der Waals surface area contributed by atoms with Crippen LogP contribution in [-0.2, 0) is 26.5 Å². The fraction of sp³-hybridized carbons (Fsp3) is 0.400. The summed E-state index contributed by atoms with van der Waals surface area (Å²) in [6.45, 7) is 4.44. The van der Waals surface area contributed by atoms with Crippen LogP contribution in [0.1, 0.15) is 38.7 Å². The van der Waals surface area contributed by atoms with Crippen LogP contribution in [0.25, 0.3) is 0 Å². The number of hydrogen-bond acceptors (Lipinski definition) is 4. The number of benzene rings is 2. The topological polar surface area (TPSA) is 83.5 Å². The maximum Gasteiger partial charge on any atom is 0.261 e. The van der Waals surface area contributed by atoms with Crippen LogP contribution in [0.2, 0.25) is 0 Å². The van der Waals surface area contributed by atoms with Crippen molar-refractivity contribution in [2.45, 2.75) is 55.4 Å². The highest BCUT2D eigenvalue weighted by Crippen LogP contribution is 2.26. The molecular weight excluding hydrogens is 396 g/mol. The zero-order valence-corrected chi connectivity index (χ0v) is 17.8. The summed E-state index contributed by atoms with van der Waals surface area (Å²) in [5.41, 5.74) is 1.38. The van der Waals surface area contributed by atoms with E-state index in [9.17, 15) is 16.8 Å². The van der Waals surface area contributed by atoms with Crippen LogP contribution in [0.5, 0.6) is 0 Å². The summed E-state index contributed by atoms with van der Waals surface area (Å²) in [5, 5.41) is 0. The van der Waals surface area contributed by atoms with Crippen LogP contribution in [-0.4, -0.2) is 33.7 Å². The smallest absolute Gasteiger partial charge is 0.261 e. The minimum absolute atomic E-state index is 0.0250. The van der Waals surface area contributed by atoms with Crippen molar-refractivity contribution in [1.82, 2.24) is 4.31 Å². The maximum atomic E-state index is 12.9. The number of sulfonamides is 2. The number of rotatable bonds is 6. The van der Waals surface area contributed by atoms with Crippen molar-refractivity contribution in [2.24, 2.45) is 0 Å². The molecule has 1 fully saturated rings. The molecule has 2 aromatic rings. The van der Waals surface area contributed by atoms with E-state index in [4.69, 9.17) is 0 Å². The van der Waals surface area contributed by atoms with E-state index in [0.717, 1.165) is 31.2 Å². The molecule has 1 aliphatic heterocycles. The second-order valence-electron chi connectivity index (χ2n) is 7.09. The van der Waals surface area contributed by atoms with Crippen molar-refractivity contribution in [1.29, 1.82) is 0 Å². The Labute approximate surface area is 167 Å².